The first-order valence-corrected chi connectivity index (χ1v) is 5.03. The third-order valence-electron chi connectivity index (χ3n) is 1.87. The molecule has 0 bridgehead atoms. The van der Waals surface area contributed by atoms with Crippen molar-refractivity contribution in [3.05, 3.63) is 0 Å². The van der Waals surface area contributed by atoms with E-state index in [1.807, 2.05) is 0 Å². The molecule has 1 N–H and O–H groups in total. The van der Waals surface area contributed by atoms with Crippen molar-refractivity contribution < 1.29 is 5.11 Å². The molecule has 0 aromatic carbocycles. The molecule has 0 amide bonds. The first kappa shape index (κ1) is 11.9. The number of aliphatic hydroxyl groups is 1. The second-order valence-electron chi connectivity index (χ2n) is 3.77. The molecule has 0 radical (unpaired) electrons. The van der Waals surface area contributed by atoms with E-state index in [9.17, 15) is 0 Å². The standard InChI is InChI=1S/C10H23NO/c1-4-5-6-11(7-8-12)9-10(2)3/h10,12H,4-9H2,1-3H3. The summed E-state index contributed by atoms with van der Waals surface area (Å²) in [5, 5.41) is 8.81. The third-order valence-corrected chi connectivity index (χ3v) is 1.87. The van der Waals surface area contributed by atoms with E-state index in [2.05, 4.69) is 25.7 Å². The van der Waals surface area contributed by atoms with Crippen molar-refractivity contribution in [2.45, 2.75) is 33.6 Å². The van der Waals surface area contributed by atoms with E-state index in [4.69, 9.17) is 5.11 Å². The molecular weight excluding hydrogens is 150 g/mol. The summed E-state index contributed by atoms with van der Waals surface area (Å²) in [6.07, 6.45) is 2.48. The fourth-order valence-corrected chi connectivity index (χ4v) is 1.33. The number of hydrogen-bond acceptors (Lipinski definition) is 2. The van der Waals surface area contributed by atoms with Gasteiger partial charge in [-0.15, -0.1) is 0 Å². The van der Waals surface area contributed by atoms with Crippen LogP contribution < -0.4 is 0 Å². The Morgan fingerprint density at radius 3 is 2.33 bits per heavy atom. The van der Waals surface area contributed by atoms with Crippen LogP contribution in [0.5, 0.6) is 0 Å². The Bertz CT molecular complexity index is 93.8. The molecule has 2 heteroatoms. The highest BCUT2D eigenvalue weighted by Crippen LogP contribution is 2.00. The Labute approximate surface area is 76.6 Å². The van der Waals surface area contributed by atoms with E-state index in [1.165, 1.54) is 12.8 Å². The van der Waals surface area contributed by atoms with E-state index >= 15 is 0 Å². The van der Waals surface area contributed by atoms with Gasteiger partial charge in [-0.25, -0.2) is 0 Å². The van der Waals surface area contributed by atoms with Crippen molar-refractivity contribution in [2.24, 2.45) is 5.92 Å². The number of unbranched alkanes of at least 4 members (excludes halogenated alkanes) is 1. The fourth-order valence-electron chi connectivity index (χ4n) is 1.33. The van der Waals surface area contributed by atoms with Gasteiger partial charge in [0.05, 0.1) is 6.61 Å². The van der Waals surface area contributed by atoms with Crippen LogP contribution in [0.25, 0.3) is 0 Å². The average Bonchev–Trinajstić information content (AvgIpc) is 2.00. The normalized spacial score (nSPS) is 11.5. The first-order valence-electron chi connectivity index (χ1n) is 5.03. The summed E-state index contributed by atoms with van der Waals surface area (Å²) in [7, 11) is 0. The molecule has 0 atom stereocenters. The van der Waals surface area contributed by atoms with Gasteiger partial charge >= 0.3 is 0 Å². The van der Waals surface area contributed by atoms with E-state index < -0.39 is 0 Å². The van der Waals surface area contributed by atoms with Crippen LogP contribution in [0.2, 0.25) is 0 Å². The zero-order valence-corrected chi connectivity index (χ0v) is 8.71. The number of hydrogen-bond donors (Lipinski definition) is 1. The molecule has 0 saturated carbocycles. The lowest BCUT2D eigenvalue weighted by Crippen LogP contribution is -2.31. The highest BCUT2D eigenvalue weighted by molar-refractivity contribution is 4.59. The summed E-state index contributed by atoms with van der Waals surface area (Å²) in [6, 6.07) is 0. The Morgan fingerprint density at radius 1 is 1.25 bits per heavy atom. The smallest absolute Gasteiger partial charge is 0.0558 e. The Kier molecular flexibility index (Phi) is 7.51. The van der Waals surface area contributed by atoms with Crippen LogP contribution >= 0.6 is 0 Å². The summed E-state index contributed by atoms with van der Waals surface area (Å²) >= 11 is 0. The average molecular weight is 173 g/mol. The van der Waals surface area contributed by atoms with Crippen LogP contribution in [0.4, 0.5) is 0 Å². The Morgan fingerprint density at radius 2 is 1.92 bits per heavy atom. The van der Waals surface area contributed by atoms with E-state index in [0.29, 0.717) is 5.92 Å². The molecule has 0 aliphatic carbocycles. The van der Waals surface area contributed by atoms with Gasteiger partial charge in [0.15, 0.2) is 0 Å². The lowest BCUT2D eigenvalue weighted by Gasteiger charge is -2.22. The maximum atomic E-state index is 8.81. The van der Waals surface area contributed by atoms with Crippen molar-refractivity contribution in [1.82, 2.24) is 4.90 Å². The van der Waals surface area contributed by atoms with Crippen molar-refractivity contribution in [3.63, 3.8) is 0 Å². The highest BCUT2D eigenvalue weighted by Gasteiger charge is 2.04. The monoisotopic (exact) mass is 173 g/mol. The molecule has 0 heterocycles. The molecule has 0 spiro atoms. The Hall–Kier alpha value is -0.0800. The van der Waals surface area contributed by atoms with Gasteiger partial charge in [-0.2, -0.15) is 0 Å². The topological polar surface area (TPSA) is 23.5 Å². The van der Waals surface area contributed by atoms with Crippen molar-refractivity contribution in [1.29, 1.82) is 0 Å². The van der Waals surface area contributed by atoms with Gasteiger partial charge in [-0.1, -0.05) is 27.2 Å². The van der Waals surface area contributed by atoms with Crippen LogP contribution in [0.15, 0.2) is 0 Å². The predicted molar refractivity (Wildman–Crippen MR) is 53.3 cm³/mol. The molecule has 12 heavy (non-hydrogen) atoms. The zero-order valence-electron chi connectivity index (χ0n) is 8.71. The lowest BCUT2D eigenvalue weighted by molar-refractivity contribution is 0.180. The second kappa shape index (κ2) is 7.56. The van der Waals surface area contributed by atoms with Crippen molar-refractivity contribution >= 4 is 0 Å². The summed E-state index contributed by atoms with van der Waals surface area (Å²) in [5.41, 5.74) is 0. The quantitative estimate of drug-likeness (QED) is 0.634. The number of aliphatic hydroxyl groups excluding tert-OH is 1. The highest BCUT2D eigenvalue weighted by atomic mass is 16.3. The summed E-state index contributed by atoms with van der Waals surface area (Å²) < 4.78 is 0. The van der Waals surface area contributed by atoms with Gasteiger partial charge in [0.1, 0.15) is 0 Å². The van der Waals surface area contributed by atoms with Crippen molar-refractivity contribution in [3.8, 4) is 0 Å². The molecule has 0 unspecified atom stereocenters. The van der Waals surface area contributed by atoms with Gasteiger partial charge in [-0.05, 0) is 18.9 Å². The van der Waals surface area contributed by atoms with Gasteiger partial charge < -0.3 is 10.0 Å². The van der Waals surface area contributed by atoms with Gasteiger partial charge in [0.2, 0.25) is 0 Å². The lowest BCUT2D eigenvalue weighted by atomic mass is 10.2. The SMILES string of the molecule is CCCCN(CCO)CC(C)C. The van der Waals surface area contributed by atoms with Crippen LogP contribution in [0, 0.1) is 5.92 Å². The number of nitrogens with zero attached hydrogens (tertiary/aromatic N) is 1. The molecule has 0 fully saturated rings. The third kappa shape index (κ3) is 6.62. The zero-order chi connectivity index (χ0) is 9.40. The Balaban J connectivity index is 3.54. The van der Waals surface area contributed by atoms with Crippen LogP contribution in [-0.2, 0) is 0 Å². The van der Waals surface area contributed by atoms with Gasteiger partial charge in [-0.3, -0.25) is 0 Å². The minimum Gasteiger partial charge on any atom is -0.395 e. The molecule has 2 nitrogen and oxygen atoms in total. The maximum absolute atomic E-state index is 8.81. The van der Waals surface area contributed by atoms with Crippen molar-refractivity contribution in [2.75, 3.05) is 26.2 Å². The van der Waals surface area contributed by atoms with Crippen LogP contribution in [0.1, 0.15) is 33.6 Å². The molecule has 0 rings (SSSR count). The fraction of sp³-hybridized carbons (Fsp3) is 1.00. The predicted octanol–water partition coefficient (Wildman–Crippen LogP) is 1.74. The van der Waals surface area contributed by atoms with Crippen LogP contribution in [0.3, 0.4) is 0 Å². The summed E-state index contributed by atoms with van der Waals surface area (Å²) in [6.45, 7) is 10.0. The molecule has 0 aromatic heterocycles. The second-order valence-corrected chi connectivity index (χ2v) is 3.77. The van der Waals surface area contributed by atoms with Gasteiger partial charge in [0.25, 0.3) is 0 Å². The summed E-state index contributed by atoms with van der Waals surface area (Å²) in [4.78, 5) is 2.34. The minimum atomic E-state index is 0.288. The maximum Gasteiger partial charge on any atom is 0.0558 e. The first-order chi connectivity index (χ1) is 5.70. The molecule has 74 valence electrons. The largest absolute Gasteiger partial charge is 0.395 e. The van der Waals surface area contributed by atoms with E-state index in [0.717, 1.165) is 19.6 Å². The molecule has 0 aromatic rings. The van der Waals surface area contributed by atoms with E-state index in [1.54, 1.807) is 0 Å². The van der Waals surface area contributed by atoms with E-state index in [-0.39, 0.29) is 6.61 Å². The molecule has 0 saturated heterocycles. The number of rotatable bonds is 7. The molecule has 0 aliphatic heterocycles. The molecule has 0 aliphatic rings. The van der Waals surface area contributed by atoms with Crippen LogP contribution in [-0.4, -0.2) is 36.2 Å². The summed E-state index contributed by atoms with van der Waals surface area (Å²) in [5.74, 6) is 0.702. The molecular formula is C10H23NO. The van der Waals surface area contributed by atoms with Gasteiger partial charge in [0, 0.05) is 13.1 Å². The minimum absolute atomic E-state index is 0.288.